The molecule has 0 aliphatic heterocycles. The molecule has 0 fully saturated rings. The molecule has 22 heavy (non-hydrogen) atoms. The number of benzene rings is 1. The standard InChI is InChI=1S/C13H11BrF5NOS/c1-11(2,22(20)21)5-7-9-6(3-4-8(15)10(9)14)12(16,17)13(7,18)19/h3-5H,20H2,1-2H3. The Morgan fingerprint density at radius 3 is 2.27 bits per heavy atom. The number of hydrogen-bond donors (Lipinski definition) is 1. The normalized spacial score (nSPS) is 22.7. The van der Waals surface area contributed by atoms with Crippen molar-refractivity contribution in [1.29, 1.82) is 0 Å². The van der Waals surface area contributed by atoms with Gasteiger partial charge in [-0.15, -0.1) is 0 Å². The van der Waals surface area contributed by atoms with Crippen LogP contribution in [0.25, 0.3) is 5.57 Å². The first-order chi connectivity index (χ1) is 9.84. The molecule has 122 valence electrons. The summed E-state index contributed by atoms with van der Waals surface area (Å²) in [6, 6.07) is 1.30. The molecular weight excluding hydrogens is 393 g/mol. The van der Waals surface area contributed by atoms with E-state index in [0.29, 0.717) is 18.2 Å². The highest BCUT2D eigenvalue weighted by Crippen LogP contribution is 2.60. The lowest BCUT2D eigenvalue weighted by Crippen LogP contribution is -2.38. The molecule has 1 aliphatic rings. The van der Waals surface area contributed by atoms with E-state index in [1.54, 1.807) is 0 Å². The maximum Gasteiger partial charge on any atom is 0.340 e. The number of allylic oxidation sites excluding steroid dienone is 1. The van der Waals surface area contributed by atoms with E-state index in [1.807, 2.05) is 0 Å². The Morgan fingerprint density at radius 2 is 1.77 bits per heavy atom. The molecule has 0 saturated carbocycles. The summed E-state index contributed by atoms with van der Waals surface area (Å²) in [4.78, 5) is 0. The summed E-state index contributed by atoms with van der Waals surface area (Å²) in [5.74, 6) is -10.0. The Labute approximate surface area is 135 Å². The molecule has 0 spiro atoms. The molecule has 1 aliphatic carbocycles. The third-order valence-corrected chi connectivity index (χ3v) is 5.38. The van der Waals surface area contributed by atoms with Gasteiger partial charge < -0.3 is 4.55 Å². The predicted molar refractivity (Wildman–Crippen MR) is 77.3 cm³/mol. The topological polar surface area (TPSA) is 49.1 Å². The van der Waals surface area contributed by atoms with Crippen LogP contribution in [0.15, 0.2) is 22.7 Å². The van der Waals surface area contributed by atoms with Crippen molar-refractivity contribution in [3.63, 3.8) is 0 Å². The highest BCUT2D eigenvalue weighted by Gasteiger charge is 2.67. The van der Waals surface area contributed by atoms with Crippen molar-refractivity contribution in [2.24, 2.45) is 5.14 Å². The Balaban J connectivity index is 2.82. The lowest BCUT2D eigenvalue weighted by Gasteiger charge is -2.24. The highest BCUT2D eigenvalue weighted by molar-refractivity contribution is 9.10. The summed E-state index contributed by atoms with van der Waals surface area (Å²) in [6.45, 7) is 2.52. The van der Waals surface area contributed by atoms with Crippen LogP contribution >= 0.6 is 15.9 Å². The second-order valence-corrected chi connectivity index (χ2v) is 7.83. The van der Waals surface area contributed by atoms with Gasteiger partial charge in [-0.1, -0.05) is 0 Å². The van der Waals surface area contributed by atoms with Gasteiger partial charge in [0.25, 0.3) is 0 Å². The van der Waals surface area contributed by atoms with Gasteiger partial charge in [-0.2, -0.15) is 22.7 Å². The van der Waals surface area contributed by atoms with Crippen molar-refractivity contribution < 1.29 is 26.5 Å². The minimum atomic E-state index is -4.57. The average molecular weight is 404 g/mol. The zero-order chi connectivity index (χ0) is 17.1. The van der Waals surface area contributed by atoms with E-state index >= 15 is 0 Å². The van der Waals surface area contributed by atoms with E-state index in [-0.39, 0.29) is 0 Å². The molecule has 9 heteroatoms. The van der Waals surface area contributed by atoms with Crippen molar-refractivity contribution in [3.05, 3.63) is 39.6 Å². The summed E-state index contributed by atoms with van der Waals surface area (Å²) in [7, 11) is 0. The third kappa shape index (κ3) is 2.38. The van der Waals surface area contributed by atoms with Gasteiger partial charge in [0.15, 0.2) is 4.75 Å². The van der Waals surface area contributed by atoms with Crippen LogP contribution in [-0.2, 0) is 17.3 Å². The summed E-state index contributed by atoms with van der Waals surface area (Å²) in [5, 5.41) is 5.20. The van der Waals surface area contributed by atoms with Crippen LogP contribution in [0.5, 0.6) is 0 Å². The zero-order valence-corrected chi connectivity index (χ0v) is 13.8. The van der Waals surface area contributed by atoms with Gasteiger partial charge in [0, 0.05) is 28.1 Å². The summed E-state index contributed by atoms with van der Waals surface area (Å²) >= 11 is 0.648. The summed E-state index contributed by atoms with van der Waals surface area (Å²) in [5.41, 5.74) is -2.72. The van der Waals surface area contributed by atoms with E-state index < -0.39 is 54.9 Å². The summed E-state index contributed by atoms with van der Waals surface area (Å²) in [6.07, 6.45) is 0.715. The molecule has 0 aromatic heterocycles. The van der Waals surface area contributed by atoms with Crippen LogP contribution < -0.4 is 5.14 Å². The Morgan fingerprint density at radius 1 is 1.23 bits per heavy atom. The first-order valence-corrected chi connectivity index (χ1v) is 7.98. The van der Waals surface area contributed by atoms with E-state index in [4.69, 9.17) is 5.14 Å². The second kappa shape index (κ2) is 5.19. The largest absolute Gasteiger partial charge is 0.598 e. The van der Waals surface area contributed by atoms with Crippen LogP contribution in [0, 0.1) is 5.82 Å². The number of halogens is 6. The number of alkyl halides is 4. The molecule has 0 saturated heterocycles. The molecule has 1 atom stereocenters. The number of rotatable bonds is 2. The molecule has 1 unspecified atom stereocenters. The molecule has 0 amide bonds. The molecule has 0 heterocycles. The minimum absolute atomic E-state index is 0.494. The van der Waals surface area contributed by atoms with E-state index in [1.165, 1.54) is 13.8 Å². The molecule has 1 aromatic carbocycles. The second-order valence-electron chi connectivity index (χ2n) is 5.39. The fourth-order valence-corrected chi connectivity index (χ4v) is 2.93. The number of nitrogens with two attached hydrogens (primary N) is 1. The van der Waals surface area contributed by atoms with E-state index in [2.05, 4.69) is 15.9 Å². The summed E-state index contributed by atoms with van der Waals surface area (Å²) < 4.78 is 79.4. The van der Waals surface area contributed by atoms with Crippen molar-refractivity contribution in [1.82, 2.24) is 0 Å². The average Bonchev–Trinajstić information content (AvgIpc) is 2.52. The molecule has 2 N–H and O–H groups in total. The molecule has 2 nitrogen and oxygen atoms in total. The van der Waals surface area contributed by atoms with Crippen molar-refractivity contribution >= 4 is 32.9 Å². The van der Waals surface area contributed by atoms with Gasteiger partial charge in [-0.25, -0.2) is 4.39 Å². The first-order valence-electron chi connectivity index (χ1n) is 5.98. The molecular formula is C13H11BrF5NOS. The quantitative estimate of drug-likeness (QED) is 0.596. The lowest BCUT2D eigenvalue weighted by molar-refractivity contribution is -0.172. The monoisotopic (exact) mass is 403 g/mol. The van der Waals surface area contributed by atoms with Gasteiger partial charge in [-0.05, 0) is 48.0 Å². The maximum atomic E-state index is 14.2. The van der Waals surface area contributed by atoms with Crippen LogP contribution in [-0.4, -0.2) is 15.2 Å². The first kappa shape index (κ1) is 17.7. The van der Waals surface area contributed by atoms with Crippen LogP contribution in [0.4, 0.5) is 22.0 Å². The minimum Gasteiger partial charge on any atom is -0.598 e. The Kier molecular flexibility index (Phi) is 4.17. The van der Waals surface area contributed by atoms with Gasteiger partial charge in [0.1, 0.15) is 5.82 Å². The Hall–Kier alpha value is -0.640. The zero-order valence-electron chi connectivity index (χ0n) is 11.4. The van der Waals surface area contributed by atoms with Crippen molar-refractivity contribution in [2.45, 2.75) is 30.4 Å². The van der Waals surface area contributed by atoms with Crippen molar-refractivity contribution in [3.8, 4) is 0 Å². The highest BCUT2D eigenvalue weighted by atomic mass is 79.9. The van der Waals surface area contributed by atoms with Crippen LogP contribution in [0.2, 0.25) is 0 Å². The number of fused-ring (bicyclic) bond motifs is 1. The maximum absolute atomic E-state index is 14.2. The van der Waals surface area contributed by atoms with Gasteiger partial charge in [0.2, 0.25) is 0 Å². The van der Waals surface area contributed by atoms with Gasteiger partial charge >= 0.3 is 11.8 Å². The lowest BCUT2D eigenvalue weighted by atomic mass is 10.0. The smallest absolute Gasteiger partial charge is 0.340 e. The van der Waals surface area contributed by atoms with Crippen molar-refractivity contribution in [2.75, 3.05) is 0 Å². The number of hydrogen-bond acceptors (Lipinski definition) is 2. The fourth-order valence-electron chi connectivity index (χ4n) is 2.14. The molecule has 0 radical (unpaired) electrons. The Bertz CT molecular complexity index is 660. The van der Waals surface area contributed by atoms with Gasteiger partial charge in [0.05, 0.1) is 4.47 Å². The predicted octanol–water partition coefficient (Wildman–Crippen LogP) is 4.11. The fraction of sp³-hybridized carbons (Fsp3) is 0.385. The molecule has 0 bridgehead atoms. The molecule has 1 aromatic rings. The van der Waals surface area contributed by atoms with E-state index in [0.717, 1.165) is 0 Å². The van der Waals surface area contributed by atoms with Crippen LogP contribution in [0.1, 0.15) is 25.0 Å². The third-order valence-electron chi connectivity index (χ3n) is 3.45. The van der Waals surface area contributed by atoms with E-state index in [9.17, 15) is 26.5 Å². The van der Waals surface area contributed by atoms with Crippen LogP contribution in [0.3, 0.4) is 0 Å². The SMILES string of the molecule is CC(C)(C=C1c2c(ccc(F)c2Br)C(F)(F)C1(F)F)[S+](N)[O-]. The molecule has 2 rings (SSSR count). The van der Waals surface area contributed by atoms with Gasteiger partial charge in [-0.3, -0.25) is 0 Å².